The molecule has 0 saturated carbocycles. The van der Waals surface area contributed by atoms with Crippen LogP contribution in [0.25, 0.3) is 0 Å². The lowest BCUT2D eigenvalue weighted by Gasteiger charge is -2.15. The van der Waals surface area contributed by atoms with Crippen LogP contribution in [0.3, 0.4) is 0 Å². The number of carboxylic acids is 1. The van der Waals surface area contributed by atoms with Crippen LogP contribution in [0.5, 0.6) is 0 Å². The third kappa shape index (κ3) is 1.78. The highest BCUT2D eigenvalue weighted by Gasteiger charge is 2.22. The third-order valence-corrected chi connectivity index (χ3v) is 2.65. The van der Waals surface area contributed by atoms with Gasteiger partial charge in [-0.25, -0.2) is 14.2 Å². The van der Waals surface area contributed by atoms with Crippen molar-refractivity contribution in [2.75, 3.05) is 11.9 Å². The first-order valence-corrected chi connectivity index (χ1v) is 4.78. The number of rotatable bonds is 1. The van der Waals surface area contributed by atoms with Crippen LogP contribution in [0.1, 0.15) is 10.5 Å². The van der Waals surface area contributed by atoms with E-state index in [-0.39, 0.29) is 16.7 Å². The van der Waals surface area contributed by atoms with E-state index in [1.54, 1.807) is 0 Å². The molecule has 0 radical (unpaired) electrons. The molecule has 0 atom stereocenters. The minimum Gasteiger partial charge on any atom is -0.476 e. The SMILES string of the molecule is O=C1CNc2cc(F)c(C(=O)O)nc2S1. The molecule has 0 amide bonds. The molecule has 15 heavy (non-hydrogen) atoms. The molecule has 2 N–H and O–H groups in total. The zero-order chi connectivity index (χ0) is 11.0. The standard InChI is InChI=1S/C8H5FN2O3S/c9-3-1-4-7(11-6(3)8(13)14)15-5(12)2-10-4/h1,10H,2H2,(H,13,14). The third-order valence-electron chi connectivity index (χ3n) is 1.78. The zero-order valence-electron chi connectivity index (χ0n) is 7.28. The predicted octanol–water partition coefficient (Wildman–Crippen LogP) is 0.963. The summed E-state index contributed by atoms with van der Waals surface area (Å²) in [5.74, 6) is -2.36. The van der Waals surface area contributed by atoms with Gasteiger partial charge in [0.15, 0.2) is 11.5 Å². The highest BCUT2D eigenvalue weighted by molar-refractivity contribution is 8.13. The second-order valence-electron chi connectivity index (χ2n) is 2.80. The number of carboxylic acid groups (broad SMARTS) is 1. The molecule has 5 nitrogen and oxygen atoms in total. The number of aromatic nitrogens is 1. The smallest absolute Gasteiger partial charge is 0.357 e. The normalized spacial score (nSPS) is 14.3. The number of nitrogens with zero attached hydrogens (tertiary/aromatic N) is 1. The Hall–Kier alpha value is -1.63. The van der Waals surface area contributed by atoms with Crippen molar-refractivity contribution in [2.45, 2.75) is 5.03 Å². The lowest BCUT2D eigenvalue weighted by Crippen LogP contribution is -2.18. The van der Waals surface area contributed by atoms with E-state index < -0.39 is 17.5 Å². The van der Waals surface area contributed by atoms with Gasteiger partial charge < -0.3 is 10.4 Å². The number of fused-ring (bicyclic) bond motifs is 1. The topological polar surface area (TPSA) is 79.3 Å². The number of hydrogen-bond donors (Lipinski definition) is 2. The molecule has 0 aromatic carbocycles. The van der Waals surface area contributed by atoms with Crippen molar-refractivity contribution >= 4 is 28.5 Å². The Morgan fingerprint density at radius 1 is 1.67 bits per heavy atom. The number of hydrogen-bond acceptors (Lipinski definition) is 5. The van der Waals surface area contributed by atoms with Crippen LogP contribution in [0.2, 0.25) is 0 Å². The fourth-order valence-electron chi connectivity index (χ4n) is 1.14. The molecule has 0 spiro atoms. The molecule has 1 aliphatic rings. The van der Waals surface area contributed by atoms with Crippen LogP contribution in [0.4, 0.5) is 10.1 Å². The summed E-state index contributed by atoms with van der Waals surface area (Å²) in [5, 5.41) is 11.3. The maximum absolute atomic E-state index is 13.1. The minimum absolute atomic E-state index is 0.0885. The first-order chi connectivity index (χ1) is 7.08. The molecule has 78 valence electrons. The van der Waals surface area contributed by atoms with E-state index in [2.05, 4.69) is 10.3 Å². The summed E-state index contributed by atoms with van der Waals surface area (Å²) in [6, 6.07) is 1.03. The first-order valence-electron chi connectivity index (χ1n) is 3.96. The van der Waals surface area contributed by atoms with Gasteiger partial charge in [-0.15, -0.1) is 0 Å². The Bertz CT molecular complexity index is 463. The number of carbonyl (C=O) groups excluding carboxylic acids is 1. The van der Waals surface area contributed by atoms with Crippen molar-refractivity contribution in [1.82, 2.24) is 4.98 Å². The molecule has 0 aliphatic carbocycles. The molecule has 2 heterocycles. The van der Waals surface area contributed by atoms with Gasteiger partial charge in [-0.1, -0.05) is 0 Å². The number of thioether (sulfide) groups is 1. The van der Waals surface area contributed by atoms with E-state index in [1.807, 2.05) is 0 Å². The monoisotopic (exact) mass is 228 g/mol. The van der Waals surface area contributed by atoms with Gasteiger partial charge in [0, 0.05) is 6.07 Å². The van der Waals surface area contributed by atoms with E-state index >= 15 is 0 Å². The number of halogens is 1. The molecule has 1 aliphatic heterocycles. The van der Waals surface area contributed by atoms with E-state index in [9.17, 15) is 14.0 Å². The van der Waals surface area contributed by atoms with E-state index in [0.717, 1.165) is 17.8 Å². The van der Waals surface area contributed by atoms with Crippen molar-refractivity contribution in [3.05, 3.63) is 17.6 Å². The van der Waals surface area contributed by atoms with Crippen molar-refractivity contribution in [3.63, 3.8) is 0 Å². The average molecular weight is 228 g/mol. The Balaban J connectivity index is 2.51. The summed E-state index contributed by atoms with van der Waals surface area (Å²) in [5.41, 5.74) is -0.320. The van der Waals surface area contributed by atoms with E-state index in [1.165, 1.54) is 0 Å². The van der Waals surface area contributed by atoms with Gasteiger partial charge in [-0.3, -0.25) is 4.79 Å². The maximum atomic E-state index is 13.1. The highest BCUT2D eigenvalue weighted by atomic mass is 32.2. The van der Waals surface area contributed by atoms with Crippen LogP contribution in [0.15, 0.2) is 11.1 Å². The summed E-state index contributed by atoms with van der Waals surface area (Å²) < 4.78 is 13.1. The lowest BCUT2D eigenvalue weighted by atomic mass is 10.3. The van der Waals surface area contributed by atoms with Crippen LogP contribution in [0, 0.1) is 5.82 Å². The van der Waals surface area contributed by atoms with Gasteiger partial charge in [0.05, 0.1) is 12.2 Å². The van der Waals surface area contributed by atoms with Gasteiger partial charge in [-0.2, -0.15) is 0 Å². The molecular formula is C8H5FN2O3S. The minimum atomic E-state index is -1.45. The van der Waals surface area contributed by atoms with Crippen LogP contribution < -0.4 is 5.32 Å². The number of nitrogens with one attached hydrogen (secondary N) is 1. The lowest BCUT2D eigenvalue weighted by molar-refractivity contribution is -0.109. The molecule has 0 unspecified atom stereocenters. The molecular weight excluding hydrogens is 223 g/mol. The highest BCUT2D eigenvalue weighted by Crippen LogP contribution is 2.30. The maximum Gasteiger partial charge on any atom is 0.357 e. The number of anilines is 1. The van der Waals surface area contributed by atoms with E-state index in [4.69, 9.17) is 5.11 Å². The zero-order valence-corrected chi connectivity index (χ0v) is 8.10. The Labute approximate surface area is 87.7 Å². The van der Waals surface area contributed by atoms with Crippen LogP contribution >= 0.6 is 11.8 Å². The fourth-order valence-corrected chi connectivity index (χ4v) is 1.88. The summed E-state index contributed by atoms with van der Waals surface area (Å²) in [7, 11) is 0. The second kappa shape index (κ2) is 3.50. The van der Waals surface area contributed by atoms with E-state index in [0.29, 0.717) is 5.69 Å². The molecule has 0 saturated heterocycles. The number of carbonyl (C=O) groups is 2. The number of pyridine rings is 1. The molecule has 1 aromatic rings. The van der Waals surface area contributed by atoms with Crippen molar-refractivity contribution < 1.29 is 19.1 Å². The Kier molecular flexibility index (Phi) is 2.31. The van der Waals surface area contributed by atoms with Gasteiger partial charge >= 0.3 is 5.97 Å². The fraction of sp³-hybridized carbons (Fsp3) is 0.125. The van der Waals surface area contributed by atoms with Gasteiger partial charge in [-0.05, 0) is 11.8 Å². The molecule has 1 aromatic heterocycles. The summed E-state index contributed by atoms with van der Waals surface area (Å²) >= 11 is 0.810. The van der Waals surface area contributed by atoms with Gasteiger partial charge in [0.25, 0.3) is 0 Å². The van der Waals surface area contributed by atoms with Crippen molar-refractivity contribution in [2.24, 2.45) is 0 Å². The Morgan fingerprint density at radius 2 is 2.40 bits per heavy atom. The second-order valence-corrected chi connectivity index (χ2v) is 3.85. The van der Waals surface area contributed by atoms with Crippen LogP contribution in [-0.2, 0) is 4.79 Å². The first kappa shape index (κ1) is 9.91. The summed E-state index contributed by atoms with van der Waals surface area (Å²) in [6.45, 7) is 0.0885. The summed E-state index contributed by atoms with van der Waals surface area (Å²) in [6.07, 6.45) is 0. The largest absolute Gasteiger partial charge is 0.476 e. The van der Waals surface area contributed by atoms with Gasteiger partial charge in [0.2, 0.25) is 5.12 Å². The average Bonchev–Trinajstić information content (AvgIpc) is 2.17. The summed E-state index contributed by atoms with van der Waals surface area (Å²) in [4.78, 5) is 25.2. The predicted molar refractivity (Wildman–Crippen MR) is 50.5 cm³/mol. The number of aromatic carboxylic acids is 1. The van der Waals surface area contributed by atoms with Crippen LogP contribution in [-0.4, -0.2) is 27.7 Å². The van der Waals surface area contributed by atoms with Crippen molar-refractivity contribution in [3.8, 4) is 0 Å². The Morgan fingerprint density at radius 3 is 3.07 bits per heavy atom. The molecule has 2 rings (SSSR count). The molecule has 7 heteroatoms. The van der Waals surface area contributed by atoms with Gasteiger partial charge in [0.1, 0.15) is 5.03 Å². The molecule has 0 fully saturated rings. The van der Waals surface area contributed by atoms with Crippen molar-refractivity contribution in [1.29, 1.82) is 0 Å². The molecule has 0 bridgehead atoms. The quantitative estimate of drug-likeness (QED) is 0.745.